The minimum absolute atomic E-state index is 0.256. The van der Waals surface area contributed by atoms with Crippen LogP contribution in [0.25, 0.3) is 0 Å². The van der Waals surface area contributed by atoms with Gasteiger partial charge in [-0.25, -0.2) is 0 Å². The number of aliphatic hydroxyl groups excluding tert-OH is 1. The van der Waals surface area contributed by atoms with E-state index in [1.54, 1.807) is 19.2 Å². The molecule has 1 aromatic heterocycles. The first-order chi connectivity index (χ1) is 21.2. The van der Waals surface area contributed by atoms with Crippen molar-refractivity contribution in [3.63, 3.8) is 0 Å². The second-order valence-corrected chi connectivity index (χ2v) is 12.2. The third-order valence-corrected chi connectivity index (χ3v) is 8.93. The zero-order valence-corrected chi connectivity index (χ0v) is 25.2. The van der Waals surface area contributed by atoms with Crippen molar-refractivity contribution in [1.29, 1.82) is 0 Å². The van der Waals surface area contributed by atoms with Crippen molar-refractivity contribution in [2.75, 3.05) is 39.4 Å². The highest BCUT2D eigenvalue weighted by Gasteiger charge is 2.39. The molecule has 4 N–H and O–H groups in total. The predicted octanol–water partition coefficient (Wildman–Crippen LogP) is 0.388. The minimum Gasteiger partial charge on any atom is -0.484 e. The first kappa shape index (κ1) is 31.4. The van der Waals surface area contributed by atoms with Crippen LogP contribution in [0.1, 0.15) is 43.7 Å². The number of amides is 4. The highest BCUT2D eigenvalue weighted by atomic mass is 16.5. The van der Waals surface area contributed by atoms with Crippen LogP contribution < -0.4 is 20.7 Å². The Morgan fingerprint density at radius 2 is 1.86 bits per heavy atom. The van der Waals surface area contributed by atoms with Gasteiger partial charge < -0.3 is 30.7 Å². The molecule has 12 nitrogen and oxygen atoms in total. The summed E-state index contributed by atoms with van der Waals surface area (Å²) in [6.07, 6.45) is 6.96. The molecule has 3 aliphatic heterocycles. The molecule has 0 aliphatic carbocycles. The molecule has 1 spiro atoms. The van der Waals surface area contributed by atoms with Gasteiger partial charge in [-0.2, -0.15) is 0 Å². The lowest BCUT2D eigenvalue weighted by Crippen LogP contribution is -2.57. The van der Waals surface area contributed by atoms with Gasteiger partial charge in [-0.05, 0) is 86.9 Å². The fourth-order valence-electron chi connectivity index (χ4n) is 6.44. The van der Waals surface area contributed by atoms with Gasteiger partial charge in [-0.15, -0.1) is 0 Å². The summed E-state index contributed by atoms with van der Waals surface area (Å²) in [5.41, 5.74) is 1.87. The van der Waals surface area contributed by atoms with Crippen molar-refractivity contribution >= 4 is 23.6 Å². The Balaban J connectivity index is 1.37. The second kappa shape index (κ2) is 14.2. The number of hydrogen-bond donors (Lipinski definition) is 4. The third kappa shape index (κ3) is 7.72. The van der Waals surface area contributed by atoms with E-state index in [1.807, 2.05) is 30.5 Å². The lowest BCUT2D eigenvalue weighted by atomic mass is 9.73. The molecular weight excluding hydrogens is 564 g/mol. The van der Waals surface area contributed by atoms with Crippen LogP contribution in [0.4, 0.5) is 0 Å². The largest absolute Gasteiger partial charge is 0.484 e. The number of aromatic nitrogens is 1. The Hall–Kier alpha value is -4.03. The van der Waals surface area contributed by atoms with Gasteiger partial charge in [-0.3, -0.25) is 29.1 Å². The zero-order chi connectivity index (χ0) is 31.1. The Labute approximate surface area is 257 Å². The molecule has 2 bridgehead atoms. The number of aliphatic hydroxyl groups is 1. The Morgan fingerprint density at radius 1 is 1.05 bits per heavy atom. The maximum Gasteiger partial charge on any atom is 0.258 e. The lowest BCUT2D eigenvalue weighted by Gasteiger charge is -2.42. The Morgan fingerprint density at radius 3 is 2.61 bits per heavy atom. The number of ether oxygens (including phenoxy) is 1. The van der Waals surface area contributed by atoms with Crippen LogP contribution in [0.2, 0.25) is 0 Å². The molecule has 44 heavy (non-hydrogen) atoms. The zero-order valence-electron chi connectivity index (χ0n) is 25.2. The van der Waals surface area contributed by atoms with Gasteiger partial charge in [0, 0.05) is 32.0 Å². The first-order valence-electron chi connectivity index (χ1n) is 15.4. The van der Waals surface area contributed by atoms with E-state index in [9.17, 15) is 24.3 Å². The monoisotopic (exact) mass is 606 g/mol. The van der Waals surface area contributed by atoms with Gasteiger partial charge in [-0.1, -0.05) is 18.2 Å². The fraction of sp³-hybridized carbons (Fsp3) is 0.531. The number of nitrogens with zero attached hydrogens (tertiary/aromatic N) is 3. The van der Waals surface area contributed by atoms with Crippen LogP contribution in [-0.2, 0) is 32.1 Å². The number of benzene rings is 1. The molecular formula is C32H42N6O6. The molecule has 2 aromatic rings. The van der Waals surface area contributed by atoms with Crippen LogP contribution in [0.5, 0.6) is 5.75 Å². The first-order valence-corrected chi connectivity index (χ1v) is 15.4. The van der Waals surface area contributed by atoms with Crippen molar-refractivity contribution in [3.05, 3.63) is 59.9 Å². The Bertz CT molecular complexity index is 1330. The van der Waals surface area contributed by atoms with Gasteiger partial charge >= 0.3 is 0 Å². The van der Waals surface area contributed by atoms with E-state index in [-0.39, 0.29) is 12.0 Å². The van der Waals surface area contributed by atoms with E-state index in [2.05, 4.69) is 31.9 Å². The molecule has 0 saturated carbocycles. The molecule has 236 valence electrons. The average molecular weight is 607 g/mol. The van der Waals surface area contributed by atoms with Crippen LogP contribution in [0.15, 0.2) is 48.8 Å². The van der Waals surface area contributed by atoms with Gasteiger partial charge in [0.1, 0.15) is 23.9 Å². The van der Waals surface area contributed by atoms with E-state index < -0.39 is 48.4 Å². The maximum atomic E-state index is 13.3. The number of carbonyl (C=O) groups excluding carboxylic acids is 4. The van der Waals surface area contributed by atoms with Crippen molar-refractivity contribution in [3.8, 4) is 5.75 Å². The Kier molecular flexibility index (Phi) is 10.1. The summed E-state index contributed by atoms with van der Waals surface area (Å²) in [7, 11) is 0. The number of likely N-dealkylation sites (tertiary alicyclic amines) is 1. The summed E-state index contributed by atoms with van der Waals surface area (Å²) < 4.78 is 5.80. The van der Waals surface area contributed by atoms with Crippen LogP contribution in [0.3, 0.4) is 0 Å². The van der Waals surface area contributed by atoms with Crippen LogP contribution in [-0.4, -0.2) is 101 Å². The van der Waals surface area contributed by atoms with Crippen molar-refractivity contribution in [1.82, 2.24) is 30.7 Å². The van der Waals surface area contributed by atoms with E-state index in [0.717, 1.165) is 43.6 Å². The molecule has 3 atom stereocenters. The van der Waals surface area contributed by atoms with Crippen molar-refractivity contribution in [2.45, 2.75) is 63.7 Å². The summed E-state index contributed by atoms with van der Waals surface area (Å²) in [5, 5.41) is 18.4. The number of piperidine rings is 1. The fourth-order valence-corrected chi connectivity index (χ4v) is 6.44. The highest BCUT2D eigenvalue weighted by molar-refractivity contribution is 5.94. The quantitative estimate of drug-likeness (QED) is 0.392. The summed E-state index contributed by atoms with van der Waals surface area (Å²) >= 11 is 0. The second-order valence-electron chi connectivity index (χ2n) is 12.2. The van der Waals surface area contributed by atoms with Gasteiger partial charge in [0.25, 0.3) is 5.91 Å². The maximum absolute atomic E-state index is 13.3. The topological polar surface area (TPSA) is 153 Å². The average Bonchev–Trinajstić information content (AvgIpc) is 3.53. The summed E-state index contributed by atoms with van der Waals surface area (Å²) in [6.45, 7) is 3.90. The number of rotatable bonds is 3. The van der Waals surface area contributed by atoms with Crippen molar-refractivity contribution < 1.29 is 29.0 Å². The van der Waals surface area contributed by atoms with Crippen molar-refractivity contribution in [2.24, 2.45) is 5.41 Å². The molecule has 4 amide bonds. The standard InChI is InChI=1S/C32H42N6O6/c1-22-31(43)38-12-4-8-27(38)30(42)36-26(19-39)29(41)34-21-32(9-13-37(14-10-32)18-24-6-3-11-33-17-24)16-23-5-2-7-25(15-23)44-20-28(40)35-22/h2-3,5-7,11,15,17,22,26-27,39H,4,8-10,12-14,16,18-21H2,1H3,(H,34,41)(H,35,40)(H,36,42)/t22-,26-,27-/m0/s1. The molecule has 0 unspecified atom stereocenters. The number of nitrogens with one attached hydrogen (secondary N) is 3. The van der Waals surface area contributed by atoms with Gasteiger partial charge in [0.2, 0.25) is 17.7 Å². The summed E-state index contributed by atoms with van der Waals surface area (Å²) in [5.74, 6) is -1.26. The van der Waals surface area contributed by atoms with Gasteiger partial charge in [0.15, 0.2) is 6.61 Å². The molecule has 0 radical (unpaired) electrons. The summed E-state index contributed by atoms with van der Waals surface area (Å²) in [4.78, 5) is 60.5. The van der Waals surface area contributed by atoms with E-state index >= 15 is 0 Å². The SMILES string of the molecule is C[C@@H]1NC(=O)COc2cccc(c2)CC2(CCN(Cc3cccnc3)CC2)CNC(=O)[C@H](CO)NC(=O)[C@@H]2CCCN2C1=O. The van der Waals surface area contributed by atoms with E-state index in [4.69, 9.17) is 4.74 Å². The smallest absolute Gasteiger partial charge is 0.258 e. The van der Waals surface area contributed by atoms with Gasteiger partial charge in [0.05, 0.1) is 6.61 Å². The predicted molar refractivity (Wildman–Crippen MR) is 161 cm³/mol. The number of hydrogen-bond acceptors (Lipinski definition) is 8. The molecule has 2 saturated heterocycles. The van der Waals surface area contributed by atoms with Crippen LogP contribution in [0, 0.1) is 5.41 Å². The van der Waals surface area contributed by atoms with E-state index in [0.29, 0.717) is 38.1 Å². The number of pyridine rings is 1. The molecule has 3 aliphatic rings. The normalized spacial score (nSPS) is 25.5. The molecule has 2 fully saturated rings. The third-order valence-electron chi connectivity index (χ3n) is 8.93. The lowest BCUT2D eigenvalue weighted by molar-refractivity contribution is -0.142. The number of carbonyl (C=O) groups is 4. The number of fused-ring (bicyclic) bond motifs is 3. The summed E-state index contributed by atoms with van der Waals surface area (Å²) in [6, 6.07) is 8.77. The molecule has 1 aromatic carbocycles. The minimum atomic E-state index is -1.15. The molecule has 5 rings (SSSR count). The van der Waals surface area contributed by atoms with E-state index in [1.165, 1.54) is 4.90 Å². The highest BCUT2D eigenvalue weighted by Crippen LogP contribution is 2.36. The molecule has 12 heteroatoms. The van der Waals surface area contributed by atoms with Crippen LogP contribution >= 0.6 is 0 Å². The molecule has 4 heterocycles.